The van der Waals surface area contributed by atoms with Crippen molar-refractivity contribution in [3.8, 4) is 5.69 Å². The van der Waals surface area contributed by atoms with E-state index in [1.165, 1.54) is 11.7 Å². The van der Waals surface area contributed by atoms with Crippen molar-refractivity contribution in [2.75, 3.05) is 7.11 Å². The van der Waals surface area contributed by atoms with E-state index in [2.05, 4.69) is 9.72 Å². The second-order valence-corrected chi connectivity index (χ2v) is 4.86. The zero-order valence-electron chi connectivity index (χ0n) is 12.2. The lowest BCUT2D eigenvalue weighted by molar-refractivity contribution is 0.0601. The summed E-state index contributed by atoms with van der Waals surface area (Å²) in [5, 5.41) is 0.560. The van der Waals surface area contributed by atoms with Crippen LogP contribution in [0.15, 0.2) is 53.3 Å². The third-order valence-electron chi connectivity index (χ3n) is 3.49. The van der Waals surface area contributed by atoms with E-state index in [0.717, 1.165) is 0 Å². The minimum atomic E-state index is -0.410. The number of rotatable bonds is 2. The van der Waals surface area contributed by atoms with Crippen LogP contribution in [0.1, 0.15) is 16.2 Å². The van der Waals surface area contributed by atoms with Gasteiger partial charge in [0.1, 0.15) is 5.82 Å². The van der Waals surface area contributed by atoms with E-state index in [-0.39, 0.29) is 5.56 Å². The molecule has 0 N–H and O–H groups in total. The van der Waals surface area contributed by atoms with Crippen molar-refractivity contribution in [3.05, 3.63) is 70.3 Å². The average molecular weight is 294 g/mol. The summed E-state index contributed by atoms with van der Waals surface area (Å²) in [4.78, 5) is 28.6. The van der Waals surface area contributed by atoms with Gasteiger partial charge in [0, 0.05) is 0 Å². The average Bonchev–Trinajstić information content (AvgIpc) is 2.55. The lowest BCUT2D eigenvalue weighted by Gasteiger charge is -2.11. The molecule has 0 saturated heterocycles. The predicted molar refractivity (Wildman–Crippen MR) is 83.4 cm³/mol. The first-order valence-corrected chi connectivity index (χ1v) is 6.79. The molecule has 1 aromatic heterocycles. The quantitative estimate of drug-likeness (QED) is 0.681. The van der Waals surface area contributed by atoms with E-state index in [9.17, 15) is 9.59 Å². The molecular weight excluding hydrogens is 280 g/mol. The standard InChI is InChI=1S/C17H14N2O3/c1-11-18-15-6-4-3-5-14(15)16(20)19(11)13-9-7-12(8-10-13)17(21)22-2/h3-10H,1-2H3. The number of aryl methyl sites for hydroxylation is 1. The number of methoxy groups -OCH3 is 1. The summed E-state index contributed by atoms with van der Waals surface area (Å²) in [6.07, 6.45) is 0. The Morgan fingerprint density at radius 3 is 2.45 bits per heavy atom. The molecule has 3 rings (SSSR count). The first-order valence-electron chi connectivity index (χ1n) is 6.79. The van der Waals surface area contributed by atoms with Crippen molar-refractivity contribution in [2.24, 2.45) is 0 Å². The van der Waals surface area contributed by atoms with Crippen LogP contribution >= 0.6 is 0 Å². The zero-order chi connectivity index (χ0) is 15.7. The van der Waals surface area contributed by atoms with Crippen LogP contribution in [0.5, 0.6) is 0 Å². The number of carbonyl (C=O) groups is 1. The topological polar surface area (TPSA) is 61.2 Å². The Hall–Kier alpha value is -2.95. The second-order valence-electron chi connectivity index (χ2n) is 4.86. The van der Waals surface area contributed by atoms with E-state index in [1.807, 2.05) is 18.2 Å². The van der Waals surface area contributed by atoms with Crippen LogP contribution in [0.4, 0.5) is 0 Å². The summed E-state index contributed by atoms with van der Waals surface area (Å²) in [6.45, 7) is 1.78. The van der Waals surface area contributed by atoms with Gasteiger partial charge in [-0.1, -0.05) is 12.1 Å². The molecule has 0 atom stereocenters. The minimum Gasteiger partial charge on any atom is -0.465 e. The van der Waals surface area contributed by atoms with Crippen molar-refractivity contribution in [2.45, 2.75) is 6.92 Å². The Balaban J connectivity index is 2.18. The fourth-order valence-electron chi connectivity index (χ4n) is 2.41. The van der Waals surface area contributed by atoms with Crippen LogP contribution in [0, 0.1) is 6.92 Å². The Bertz CT molecular complexity index is 911. The zero-order valence-corrected chi connectivity index (χ0v) is 12.2. The van der Waals surface area contributed by atoms with Crippen molar-refractivity contribution in [1.29, 1.82) is 0 Å². The number of fused-ring (bicyclic) bond motifs is 1. The lowest BCUT2D eigenvalue weighted by Crippen LogP contribution is -2.22. The third-order valence-corrected chi connectivity index (χ3v) is 3.49. The molecule has 0 aliphatic heterocycles. The van der Waals surface area contributed by atoms with E-state index >= 15 is 0 Å². The number of esters is 1. The maximum atomic E-state index is 12.7. The number of para-hydroxylation sites is 1. The smallest absolute Gasteiger partial charge is 0.337 e. The molecule has 0 amide bonds. The number of ether oxygens (including phenoxy) is 1. The number of carbonyl (C=O) groups excluding carboxylic acids is 1. The highest BCUT2D eigenvalue weighted by Crippen LogP contribution is 2.13. The highest BCUT2D eigenvalue weighted by atomic mass is 16.5. The number of hydrogen-bond donors (Lipinski definition) is 0. The summed E-state index contributed by atoms with van der Waals surface area (Å²) in [7, 11) is 1.33. The lowest BCUT2D eigenvalue weighted by atomic mass is 10.2. The van der Waals surface area contributed by atoms with Gasteiger partial charge in [0.05, 0.1) is 29.3 Å². The molecular formula is C17H14N2O3. The molecule has 3 aromatic rings. The number of benzene rings is 2. The van der Waals surface area contributed by atoms with Gasteiger partial charge in [-0.15, -0.1) is 0 Å². The third kappa shape index (κ3) is 2.26. The summed E-state index contributed by atoms with van der Waals surface area (Å²) in [5.74, 6) is 0.182. The molecule has 0 fully saturated rings. The molecule has 0 spiro atoms. The molecule has 22 heavy (non-hydrogen) atoms. The van der Waals surface area contributed by atoms with Crippen LogP contribution in [-0.4, -0.2) is 22.6 Å². The molecule has 1 heterocycles. The fourth-order valence-corrected chi connectivity index (χ4v) is 2.41. The van der Waals surface area contributed by atoms with E-state index in [0.29, 0.717) is 28.0 Å². The highest BCUT2D eigenvalue weighted by molar-refractivity contribution is 5.89. The molecule has 5 heteroatoms. The van der Waals surface area contributed by atoms with Gasteiger partial charge in [0.25, 0.3) is 5.56 Å². The van der Waals surface area contributed by atoms with Crippen LogP contribution in [0.25, 0.3) is 16.6 Å². The van der Waals surface area contributed by atoms with Gasteiger partial charge in [-0.05, 0) is 43.3 Å². The van der Waals surface area contributed by atoms with Gasteiger partial charge in [-0.3, -0.25) is 9.36 Å². The molecule has 5 nitrogen and oxygen atoms in total. The van der Waals surface area contributed by atoms with Crippen LogP contribution < -0.4 is 5.56 Å². The summed E-state index contributed by atoms with van der Waals surface area (Å²) in [5.41, 5.74) is 1.64. The van der Waals surface area contributed by atoms with Gasteiger partial charge >= 0.3 is 5.97 Å². The molecule has 110 valence electrons. The summed E-state index contributed by atoms with van der Waals surface area (Å²) < 4.78 is 6.20. The molecule has 0 bridgehead atoms. The van der Waals surface area contributed by atoms with Crippen LogP contribution in [0.2, 0.25) is 0 Å². The summed E-state index contributed by atoms with van der Waals surface area (Å²) >= 11 is 0. The maximum Gasteiger partial charge on any atom is 0.337 e. The number of aromatic nitrogens is 2. The van der Waals surface area contributed by atoms with Crippen LogP contribution in [0.3, 0.4) is 0 Å². The first-order chi connectivity index (χ1) is 10.6. The SMILES string of the molecule is COC(=O)c1ccc(-n2c(C)nc3ccccc3c2=O)cc1. The van der Waals surface area contributed by atoms with E-state index < -0.39 is 5.97 Å². The second kappa shape index (κ2) is 5.44. The Kier molecular flexibility index (Phi) is 3.47. The summed E-state index contributed by atoms with van der Waals surface area (Å²) in [6, 6.07) is 13.9. The molecule has 0 aliphatic rings. The van der Waals surface area contributed by atoms with Gasteiger partial charge in [0.15, 0.2) is 0 Å². The Morgan fingerprint density at radius 1 is 1.09 bits per heavy atom. The highest BCUT2D eigenvalue weighted by Gasteiger charge is 2.10. The Labute approximate surface area is 126 Å². The van der Waals surface area contributed by atoms with E-state index in [1.54, 1.807) is 37.3 Å². The molecule has 0 saturated carbocycles. The van der Waals surface area contributed by atoms with Crippen molar-refractivity contribution in [1.82, 2.24) is 9.55 Å². The number of hydrogen-bond acceptors (Lipinski definition) is 4. The fraction of sp³-hybridized carbons (Fsp3) is 0.118. The molecule has 0 aliphatic carbocycles. The predicted octanol–water partition coefficient (Wildman–Crippen LogP) is 2.48. The van der Waals surface area contributed by atoms with Crippen LogP contribution in [-0.2, 0) is 4.74 Å². The van der Waals surface area contributed by atoms with Crippen molar-refractivity contribution in [3.63, 3.8) is 0 Å². The first kappa shape index (κ1) is 14.0. The molecule has 0 radical (unpaired) electrons. The van der Waals surface area contributed by atoms with Gasteiger partial charge in [0.2, 0.25) is 0 Å². The van der Waals surface area contributed by atoms with Crippen molar-refractivity contribution < 1.29 is 9.53 Å². The normalized spacial score (nSPS) is 10.6. The number of nitrogens with zero attached hydrogens (tertiary/aromatic N) is 2. The molecule has 2 aromatic carbocycles. The van der Waals surface area contributed by atoms with Crippen molar-refractivity contribution >= 4 is 16.9 Å². The minimum absolute atomic E-state index is 0.131. The van der Waals surface area contributed by atoms with Gasteiger partial charge < -0.3 is 4.74 Å². The largest absolute Gasteiger partial charge is 0.465 e. The maximum absolute atomic E-state index is 12.7. The Morgan fingerprint density at radius 2 is 1.77 bits per heavy atom. The molecule has 0 unspecified atom stereocenters. The monoisotopic (exact) mass is 294 g/mol. The van der Waals surface area contributed by atoms with Gasteiger partial charge in [-0.2, -0.15) is 0 Å². The van der Waals surface area contributed by atoms with Gasteiger partial charge in [-0.25, -0.2) is 9.78 Å². The van der Waals surface area contributed by atoms with E-state index in [4.69, 9.17) is 0 Å².